The Hall–Kier alpha value is -1.10. The Morgan fingerprint density at radius 1 is 1.54 bits per heavy atom. The molecule has 0 spiro atoms. The molecule has 0 aliphatic heterocycles. The Labute approximate surface area is 73.6 Å². The summed E-state index contributed by atoms with van der Waals surface area (Å²) in [6, 6.07) is 1.09. The van der Waals surface area contributed by atoms with E-state index < -0.39 is 18.1 Å². The SMILES string of the molecule is Cc1cc(F)nc(C(F)F)c1CN. The molecule has 0 fully saturated rings. The molecule has 72 valence electrons. The third kappa shape index (κ3) is 1.98. The van der Waals surface area contributed by atoms with Gasteiger partial charge < -0.3 is 5.73 Å². The molecule has 1 aromatic rings. The zero-order chi connectivity index (χ0) is 10.0. The molecule has 0 amide bonds. The number of hydrogen-bond acceptors (Lipinski definition) is 2. The van der Waals surface area contributed by atoms with Crippen molar-refractivity contribution >= 4 is 0 Å². The molecule has 0 saturated carbocycles. The molecule has 1 rings (SSSR count). The topological polar surface area (TPSA) is 38.9 Å². The molecule has 13 heavy (non-hydrogen) atoms. The lowest BCUT2D eigenvalue weighted by atomic mass is 10.1. The van der Waals surface area contributed by atoms with Crippen molar-refractivity contribution < 1.29 is 13.2 Å². The van der Waals surface area contributed by atoms with Crippen molar-refractivity contribution in [2.24, 2.45) is 5.73 Å². The summed E-state index contributed by atoms with van der Waals surface area (Å²) in [6.45, 7) is 1.47. The lowest BCUT2D eigenvalue weighted by Crippen LogP contribution is -2.08. The van der Waals surface area contributed by atoms with Crippen LogP contribution in [0.2, 0.25) is 0 Å². The number of nitrogens with two attached hydrogens (primary N) is 1. The van der Waals surface area contributed by atoms with Crippen molar-refractivity contribution in [3.05, 3.63) is 28.8 Å². The number of nitrogens with zero attached hydrogens (tertiary/aromatic N) is 1. The average Bonchev–Trinajstić information content (AvgIpc) is 2.02. The van der Waals surface area contributed by atoms with Gasteiger partial charge in [-0.25, -0.2) is 13.8 Å². The van der Waals surface area contributed by atoms with Crippen molar-refractivity contribution in [3.63, 3.8) is 0 Å². The van der Waals surface area contributed by atoms with E-state index in [2.05, 4.69) is 4.98 Å². The summed E-state index contributed by atoms with van der Waals surface area (Å²) >= 11 is 0. The van der Waals surface area contributed by atoms with Crippen molar-refractivity contribution in [2.75, 3.05) is 0 Å². The van der Waals surface area contributed by atoms with Gasteiger partial charge in [0.05, 0.1) is 0 Å². The van der Waals surface area contributed by atoms with E-state index in [0.29, 0.717) is 5.56 Å². The average molecular weight is 190 g/mol. The Morgan fingerprint density at radius 3 is 2.62 bits per heavy atom. The summed E-state index contributed by atoms with van der Waals surface area (Å²) in [5, 5.41) is 0. The lowest BCUT2D eigenvalue weighted by molar-refractivity contribution is 0.143. The van der Waals surface area contributed by atoms with Crippen LogP contribution in [0, 0.1) is 12.9 Å². The van der Waals surface area contributed by atoms with E-state index in [-0.39, 0.29) is 12.1 Å². The predicted octanol–water partition coefficient (Wildman–Crippen LogP) is 1.93. The highest BCUT2D eigenvalue weighted by molar-refractivity contribution is 5.29. The van der Waals surface area contributed by atoms with Crippen LogP contribution in [0.15, 0.2) is 6.07 Å². The molecule has 0 aliphatic carbocycles. The number of pyridine rings is 1. The van der Waals surface area contributed by atoms with E-state index in [9.17, 15) is 13.2 Å². The van der Waals surface area contributed by atoms with Crippen LogP contribution in [-0.2, 0) is 6.54 Å². The van der Waals surface area contributed by atoms with Gasteiger partial charge in [-0.2, -0.15) is 4.39 Å². The van der Waals surface area contributed by atoms with E-state index in [1.807, 2.05) is 0 Å². The van der Waals surface area contributed by atoms with Crippen LogP contribution >= 0.6 is 0 Å². The fourth-order valence-electron chi connectivity index (χ4n) is 1.13. The third-order valence-electron chi connectivity index (χ3n) is 1.76. The summed E-state index contributed by atoms with van der Waals surface area (Å²) in [7, 11) is 0. The van der Waals surface area contributed by atoms with Gasteiger partial charge in [-0.15, -0.1) is 0 Å². The normalized spacial score (nSPS) is 10.9. The smallest absolute Gasteiger partial charge is 0.280 e. The highest BCUT2D eigenvalue weighted by Crippen LogP contribution is 2.23. The number of halogens is 3. The van der Waals surface area contributed by atoms with Crippen molar-refractivity contribution in [3.8, 4) is 0 Å². The lowest BCUT2D eigenvalue weighted by Gasteiger charge is -2.08. The maximum absolute atomic E-state index is 12.6. The van der Waals surface area contributed by atoms with E-state index in [4.69, 9.17) is 5.73 Å². The van der Waals surface area contributed by atoms with Crippen molar-refractivity contribution in [2.45, 2.75) is 19.9 Å². The molecule has 2 N–H and O–H groups in total. The number of alkyl halides is 2. The first-order valence-corrected chi connectivity index (χ1v) is 3.70. The Balaban J connectivity index is 3.29. The summed E-state index contributed by atoms with van der Waals surface area (Å²) in [6.07, 6.45) is -2.78. The Kier molecular flexibility index (Phi) is 2.87. The second-order valence-corrected chi connectivity index (χ2v) is 2.63. The first-order valence-electron chi connectivity index (χ1n) is 3.70. The molecule has 0 bridgehead atoms. The second-order valence-electron chi connectivity index (χ2n) is 2.63. The van der Waals surface area contributed by atoms with Gasteiger partial charge in [0.25, 0.3) is 6.43 Å². The minimum Gasteiger partial charge on any atom is -0.326 e. The van der Waals surface area contributed by atoms with E-state index >= 15 is 0 Å². The molecule has 1 heterocycles. The molecular formula is C8H9F3N2. The van der Waals surface area contributed by atoms with Crippen LogP contribution in [0.1, 0.15) is 23.2 Å². The van der Waals surface area contributed by atoms with Crippen LogP contribution in [-0.4, -0.2) is 4.98 Å². The molecule has 0 saturated heterocycles. The van der Waals surface area contributed by atoms with E-state index in [0.717, 1.165) is 6.07 Å². The summed E-state index contributed by atoms with van der Waals surface area (Å²) in [4.78, 5) is 3.11. The van der Waals surface area contributed by atoms with Gasteiger partial charge >= 0.3 is 0 Å². The number of aromatic nitrogens is 1. The largest absolute Gasteiger partial charge is 0.326 e. The quantitative estimate of drug-likeness (QED) is 0.723. The van der Waals surface area contributed by atoms with Crippen LogP contribution in [0.3, 0.4) is 0 Å². The molecular weight excluding hydrogens is 181 g/mol. The number of hydrogen-bond donors (Lipinski definition) is 1. The highest BCUT2D eigenvalue weighted by Gasteiger charge is 2.17. The fraction of sp³-hybridized carbons (Fsp3) is 0.375. The van der Waals surface area contributed by atoms with Gasteiger partial charge in [0.2, 0.25) is 5.95 Å². The molecule has 1 aromatic heterocycles. The van der Waals surface area contributed by atoms with Gasteiger partial charge in [0, 0.05) is 6.54 Å². The maximum atomic E-state index is 12.6. The molecule has 0 radical (unpaired) electrons. The van der Waals surface area contributed by atoms with Crippen LogP contribution in [0.5, 0.6) is 0 Å². The summed E-state index contributed by atoms with van der Waals surface area (Å²) in [5.41, 5.74) is 5.31. The zero-order valence-corrected chi connectivity index (χ0v) is 7.02. The molecule has 0 unspecified atom stereocenters. The molecule has 0 aromatic carbocycles. The van der Waals surface area contributed by atoms with Crippen LogP contribution in [0.4, 0.5) is 13.2 Å². The fourth-order valence-corrected chi connectivity index (χ4v) is 1.13. The zero-order valence-electron chi connectivity index (χ0n) is 7.02. The maximum Gasteiger partial charge on any atom is 0.280 e. The van der Waals surface area contributed by atoms with Gasteiger partial charge in [-0.1, -0.05) is 0 Å². The Morgan fingerprint density at radius 2 is 2.15 bits per heavy atom. The van der Waals surface area contributed by atoms with Crippen molar-refractivity contribution in [1.29, 1.82) is 0 Å². The second kappa shape index (κ2) is 3.74. The first kappa shape index (κ1) is 9.98. The van der Waals surface area contributed by atoms with Gasteiger partial charge in [0.15, 0.2) is 0 Å². The van der Waals surface area contributed by atoms with Crippen LogP contribution < -0.4 is 5.73 Å². The molecule has 0 atom stereocenters. The summed E-state index contributed by atoms with van der Waals surface area (Å²) in [5.74, 6) is -0.898. The first-order chi connectivity index (χ1) is 6.06. The molecule has 2 nitrogen and oxygen atoms in total. The minimum absolute atomic E-state index is 0.0568. The summed E-state index contributed by atoms with van der Waals surface area (Å²) < 4.78 is 37.2. The van der Waals surface area contributed by atoms with Gasteiger partial charge in [-0.3, -0.25) is 0 Å². The third-order valence-corrected chi connectivity index (χ3v) is 1.76. The number of rotatable bonds is 2. The highest BCUT2D eigenvalue weighted by atomic mass is 19.3. The Bertz CT molecular complexity index is 313. The van der Waals surface area contributed by atoms with Gasteiger partial charge in [0.1, 0.15) is 5.69 Å². The van der Waals surface area contributed by atoms with Crippen molar-refractivity contribution in [1.82, 2.24) is 4.98 Å². The van der Waals surface area contributed by atoms with E-state index in [1.54, 1.807) is 0 Å². The number of aryl methyl sites for hydroxylation is 1. The van der Waals surface area contributed by atoms with Crippen LogP contribution in [0.25, 0.3) is 0 Å². The predicted molar refractivity (Wildman–Crippen MR) is 41.8 cm³/mol. The van der Waals surface area contributed by atoms with Gasteiger partial charge in [-0.05, 0) is 24.1 Å². The monoisotopic (exact) mass is 190 g/mol. The molecule has 5 heteroatoms. The standard InChI is InChI=1S/C8H9F3N2/c1-4-2-6(9)13-7(8(10)11)5(4)3-12/h2,8H,3,12H2,1H3. The minimum atomic E-state index is -2.78. The van der Waals surface area contributed by atoms with E-state index in [1.165, 1.54) is 6.92 Å². The molecule has 0 aliphatic rings.